The second kappa shape index (κ2) is 7.94. The summed E-state index contributed by atoms with van der Waals surface area (Å²) >= 11 is 1.50. The number of rotatable bonds is 4. The monoisotopic (exact) mass is 417 g/mol. The lowest BCUT2D eigenvalue weighted by molar-refractivity contribution is -0.123. The number of aromatic nitrogens is 2. The molecule has 1 N–H and O–H groups in total. The van der Waals surface area contributed by atoms with E-state index in [1.807, 2.05) is 27.0 Å². The molecule has 0 radical (unpaired) electrons. The topological polar surface area (TPSA) is 73.2 Å². The fraction of sp³-hybridized carbons (Fsp3) is 0.591. The molecule has 3 rings (SSSR count). The van der Waals surface area contributed by atoms with E-state index in [-0.39, 0.29) is 11.3 Å². The van der Waals surface area contributed by atoms with Crippen molar-refractivity contribution in [2.45, 2.75) is 66.9 Å². The number of fused-ring (bicyclic) bond motifs is 1. The highest BCUT2D eigenvalue weighted by molar-refractivity contribution is 7.14. The van der Waals surface area contributed by atoms with Crippen LogP contribution in [-0.4, -0.2) is 27.8 Å². The lowest BCUT2D eigenvalue weighted by Gasteiger charge is -2.33. The molecular formula is C22H31N3O3S. The Morgan fingerprint density at radius 3 is 2.62 bits per heavy atom. The van der Waals surface area contributed by atoms with Crippen molar-refractivity contribution in [1.82, 2.24) is 9.78 Å². The van der Waals surface area contributed by atoms with Crippen molar-refractivity contribution in [2.75, 3.05) is 5.32 Å². The van der Waals surface area contributed by atoms with Gasteiger partial charge in [0.15, 0.2) is 6.10 Å². The number of carbonyl (C=O) groups is 2. The van der Waals surface area contributed by atoms with Crippen LogP contribution in [0.15, 0.2) is 6.07 Å². The van der Waals surface area contributed by atoms with E-state index in [2.05, 4.69) is 31.2 Å². The molecular weight excluding hydrogens is 386 g/mol. The Bertz CT molecular complexity index is 936. The van der Waals surface area contributed by atoms with Gasteiger partial charge in [0.05, 0.1) is 17.1 Å². The molecule has 7 heteroatoms. The number of anilines is 1. The van der Waals surface area contributed by atoms with Gasteiger partial charge in [-0.05, 0) is 63.0 Å². The lowest BCUT2D eigenvalue weighted by Crippen LogP contribution is -2.30. The maximum Gasteiger partial charge on any atom is 0.349 e. The van der Waals surface area contributed by atoms with E-state index in [1.165, 1.54) is 21.8 Å². The Labute approximate surface area is 176 Å². The Morgan fingerprint density at radius 2 is 2.03 bits per heavy atom. The molecule has 2 aromatic rings. The van der Waals surface area contributed by atoms with Crippen molar-refractivity contribution in [3.63, 3.8) is 0 Å². The van der Waals surface area contributed by atoms with Crippen LogP contribution in [0.1, 0.15) is 65.6 Å². The molecule has 0 bridgehead atoms. The molecule has 0 saturated carbocycles. The summed E-state index contributed by atoms with van der Waals surface area (Å²) < 4.78 is 7.17. The number of thiophene rings is 1. The summed E-state index contributed by atoms with van der Waals surface area (Å²) in [4.78, 5) is 27.0. The van der Waals surface area contributed by atoms with Crippen LogP contribution in [0.5, 0.6) is 0 Å². The van der Waals surface area contributed by atoms with Crippen molar-refractivity contribution in [2.24, 2.45) is 18.4 Å². The van der Waals surface area contributed by atoms with Crippen molar-refractivity contribution in [3.8, 4) is 0 Å². The first kappa shape index (κ1) is 21.6. The minimum atomic E-state index is -0.886. The number of esters is 1. The number of nitrogens with one attached hydrogen (secondary N) is 1. The maximum atomic E-state index is 12.6. The average molecular weight is 418 g/mol. The van der Waals surface area contributed by atoms with Crippen LogP contribution in [0.3, 0.4) is 0 Å². The number of carbonyl (C=O) groups excluding carboxylic acids is 2. The molecule has 0 saturated heterocycles. The summed E-state index contributed by atoms with van der Waals surface area (Å²) in [6.45, 7) is 12.1. The number of hydrogen-bond acceptors (Lipinski definition) is 5. The summed E-state index contributed by atoms with van der Waals surface area (Å²) in [5.41, 5.74) is 3.77. The standard InChI is InChI=1S/C22H31N3O3S/c1-12-19(13(2)25(7)24-12)23-20(26)14(3)28-21(27)18-11-15-10-16(22(4,5)6)8-9-17(15)29-18/h11,14,16H,8-10H2,1-7H3,(H,23,26)/t14-,16-/m0/s1. The van der Waals surface area contributed by atoms with E-state index in [0.29, 0.717) is 16.5 Å². The number of amides is 1. The van der Waals surface area contributed by atoms with E-state index in [9.17, 15) is 9.59 Å². The van der Waals surface area contributed by atoms with Crippen LogP contribution in [0.4, 0.5) is 5.69 Å². The van der Waals surface area contributed by atoms with Crippen molar-refractivity contribution >= 4 is 28.9 Å². The molecule has 2 aromatic heterocycles. The number of hydrogen-bond donors (Lipinski definition) is 1. The Kier molecular flexibility index (Phi) is 5.90. The summed E-state index contributed by atoms with van der Waals surface area (Å²) in [5, 5.41) is 7.12. The van der Waals surface area contributed by atoms with E-state index in [1.54, 1.807) is 11.6 Å². The maximum absolute atomic E-state index is 12.6. The van der Waals surface area contributed by atoms with Gasteiger partial charge in [0.25, 0.3) is 5.91 Å². The zero-order valence-corrected chi connectivity index (χ0v) is 19.2. The van der Waals surface area contributed by atoms with E-state index in [4.69, 9.17) is 4.74 Å². The molecule has 6 nitrogen and oxygen atoms in total. The van der Waals surface area contributed by atoms with Crippen LogP contribution in [0.25, 0.3) is 0 Å². The molecule has 0 aliphatic heterocycles. The highest BCUT2D eigenvalue weighted by atomic mass is 32.1. The van der Waals surface area contributed by atoms with Gasteiger partial charge in [0.1, 0.15) is 4.88 Å². The Morgan fingerprint density at radius 1 is 1.34 bits per heavy atom. The molecule has 0 unspecified atom stereocenters. The average Bonchev–Trinajstić information content (AvgIpc) is 3.16. The molecule has 1 aliphatic rings. The predicted molar refractivity (Wildman–Crippen MR) is 115 cm³/mol. The Hall–Kier alpha value is -2.15. The summed E-state index contributed by atoms with van der Waals surface area (Å²) in [6, 6.07) is 1.96. The highest BCUT2D eigenvalue weighted by Gasteiger charge is 2.31. The number of nitrogens with zero attached hydrogens (tertiary/aromatic N) is 2. The largest absolute Gasteiger partial charge is 0.448 e. The van der Waals surface area contributed by atoms with Crippen LogP contribution < -0.4 is 5.32 Å². The van der Waals surface area contributed by atoms with Crippen molar-refractivity contribution < 1.29 is 14.3 Å². The zero-order chi connectivity index (χ0) is 21.5. The first-order chi connectivity index (χ1) is 13.5. The van der Waals surface area contributed by atoms with Crippen LogP contribution >= 0.6 is 11.3 Å². The summed E-state index contributed by atoms with van der Waals surface area (Å²) in [6.07, 6.45) is 2.26. The third-order valence-electron chi connectivity index (χ3n) is 5.92. The Balaban J connectivity index is 1.65. The van der Waals surface area contributed by atoms with Gasteiger partial charge in [-0.25, -0.2) is 4.79 Å². The molecule has 0 aromatic carbocycles. The molecule has 29 heavy (non-hydrogen) atoms. The van der Waals surface area contributed by atoms with Gasteiger partial charge in [-0.1, -0.05) is 20.8 Å². The van der Waals surface area contributed by atoms with Crippen LogP contribution in [-0.2, 0) is 29.4 Å². The summed E-state index contributed by atoms with van der Waals surface area (Å²) in [7, 11) is 1.82. The fourth-order valence-electron chi connectivity index (χ4n) is 3.81. The molecule has 2 heterocycles. The van der Waals surface area contributed by atoms with Gasteiger partial charge < -0.3 is 10.1 Å². The van der Waals surface area contributed by atoms with Crippen molar-refractivity contribution in [1.29, 1.82) is 0 Å². The first-order valence-electron chi connectivity index (χ1n) is 10.1. The zero-order valence-electron chi connectivity index (χ0n) is 18.4. The number of ether oxygens (including phenoxy) is 1. The molecule has 2 atom stereocenters. The molecule has 158 valence electrons. The minimum Gasteiger partial charge on any atom is -0.448 e. The normalized spacial score (nSPS) is 17.6. The van der Waals surface area contributed by atoms with Crippen LogP contribution in [0, 0.1) is 25.2 Å². The fourth-order valence-corrected chi connectivity index (χ4v) is 4.91. The minimum absolute atomic E-state index is 0.259. The second-order valence-corrected chi connectivity index (χ2v) is 10.2. The van der Waals surface area contributed by atoms with Crippen molar-refractivity contribution in [3.05, 3.63) is 32.8 Å². The highest BCUT2D eigenvalue weighted by Crippen LogP contribution is 2.40. The quantitative estimate of drug-likeness (QED) is 0.747. The third-order valence-corrected chi connectivity index (χ3v) is 7.14. The molecule has 0 spiro atoms. The third kappa shape index (κ3) is 4.55. The summed E-state index contributed by atoms with van der Waals surface area (Å²) in [5.74, 6) is -0.171. The molecule has 1 amide bonds. The van der Waals surface area contributed by atoms with Gasteiger partial charge in [0, 0.05) is 11.9 Å². The SMILES string of the molecule is Cc1nn(C)c(C)c1NC(=O)[C@H](C)OC(=O)c1cc2c(s1)CC[C@H](C(C)(C)C)C2. The van der Waals surface area contributed by atoms with Gasteiger partial charge in [-0.15, -0.1) is 11.3 Å². The molecule has 0 fully saturated rings. The van der Waals surface area contributed by atoms with Gasteiger partial charge in [-0.2, -0.15) is 5.10 Å². The van der Waals surface area contributed by atoms with Crippen LogP contribution in [0.2, 0.25) is 0 Å². The second-order valence-electron chi connectivity index (χ2n) is 9.07. The first-order valence-corrected chi connectivity index (χ1v) is 10.9. The van der Waals surface area contributed by atoms with E-state index >= 15 is 0 Å². The lowest BCUT2D eigenvalue weighted by atomic mass is 9.72. The molecule has 1 aliphatic carbocycles. The van der Waals surface area contributed by atoms with Gasteiger partial charge in [-0.3, -0.25) is 9.48 Å². The number of aryl methyl sites for hydroxylation is 3. The van der Waals surface area contributed by atoms with E-state index < -0.39 is 12.1 Å². The smallest absolute Gasteiger partial charge is 0.349 e. The van der Waals surface area contributed by atoms with Gasteiger partial charge in [0.2, 0.25) is 0 Å². The predicted octanol–water partition coefficient (Wildman–Crippen LogP) is 4.43. The van der Waals surface area contributed by atoms with E-state index in [0.717, 1.165) is 30.7 Å². The van der Waals surface area contributed by atoms with Gasteiger partial charge >= 0.3 is 5.97 Å².